The van der Waals surface area contributed by atoms with Crippen molar-refractivity contribution in [2.45, 2.75) is 70.7 Å². The molecule has 0 N–H and O–H groups in total. The lowest BCUT2D eigenvalue weighted by Gasteiger charge is -2.31. The van der Waals surface area contributed by atoms with Crippen molar-refractivity contribution in [2.75, 3.05) is 16.3 Å². The Morgan fingerprint density at radius 3 is 2.90 bits per heavy atom. The molecule has 156 valence electrons. The molecule has 4 rings (SSSR count). The van der Waals surface area contributed by atoms with Gasteiger partial charge in [0.25, 0.3) is 0 Å². The normalized spacial score (nSPS) is 24.4. The summed E-state index contributed by atoms with van der Waals surface area (Å²) < 4.78 is 22.1. The average Bonchev–Trinajstić information content (AvgIpc) is 3.42. The van der Waals surface area contributed by atoms with E-state index in [4.69, 9.17) is 4.74 Å². The highest BCUT2D eigenvalue weighted by Crippen LogP contribution is 2.36. The molecule has 0 radical (unpaired) electrons. The van der Waals surface area contributed by atoms with Crippen molar-refractivity contribution >= 4 is 17.5 Å². The molecule has 3 heterocycles. The molecule has 0 saturated carbocycles. The first-order valence-electron chi connectivity index (χ1n) is 10.5. The van der Waals surface area contributed by atoms with Crippen LogP contribution in [0.2, 0.25) is 0 Å². The lowest BCUT2D eigenvalue weighted by molar-refractivity contribution is 0.129. The highest BCUT2D eigenvalue weighted by atomic mass is 19.1. The Kier molecular flexibility index (Phi) is 5.69. The van der Waals surface area contributed by atoms with Crippen LogP contribution in [-0.2, 0) is 11.3 Å². The Bertz CT molecular complexity index is 844. The predicted octanol–water partition coefficient (Wildman–Crippen LogP) is 3.99. The van der Waals surface area contributed by atoms with Gasteiger partial charge < -0.3 is 9.64 Å². The second-order valence-electron chi connectivity index (χ2n) is 8.01. The molecule has 2 aromatic rings. The van der Waals surface area contributed by atoms with Crippen LogP contribution in [-0.4, -0.2) is 45.8 Å². The van der Waals surface area contributed by atoms with Crippen LogP contribution in [0.1, 0.15) is 46.0 Å². The Labute approximate surface area is 170 Å². The number of ether oxygens (including phenoxy) is 1. The van der Waals surface area contributed by atoms with Crippen molar-refractivity contribution in [3.05, 3.63) is 36.4 Å². The number of unbranched alkanes of at least 4 members (excludes halogenated alkanes) is 1. The van der Waals surface area contributed by atoms with E-state index in [9.17, 15) is 4.79 Å². The minimum Gasteiger partial charge on any atom is -0.442 e. The van der Waals surface area contributed by atoms with Crippen LogP contribution in [0, 0.1) is 5.82 Å². The largest absolute Gasteiger partial charge is 0.442 e. The third-order valence-electron chi connectivity index (χ3n) is 5.93. The molecule has 0 bridgehead atoms. The molecule has 1 aromatic carbocycles. The lowest BCUT2D eigenvalue weighted by atomic mass is 10.1. The predicted molar refractivity (Wildman–Crippen MR) is 109 cm³/mol. The summed E-state index contributed by atoms with van der Waals surface area (Å²) in [5, 5.41) is 7.65. The highest BCUT2D eigenvalue weighted by Gasteiger charge is 2.35. The molecule has 0 aliphatic carbocycles. The minimum atomic E-state index is -0.461. The summed E-state index contributed by atoms with van der Waals surface area (Å²) in [6.45, 7) is 5.12. The number of cyclic esters (lactones) is 1. The number of hydrogen-bond donors (Lipinski definition) is 0. The summed E-state index contributed by atoms with van der Waals surface area (Å²) in [5.41, 5.74) is 1.15. The number of aromatic nitrogens is 3. The molecule has 29 heavy (non-hydrogen) atoms. The minimum absolute atomic E-state index is 0.287. The Morgan fingerprint density at radius 1 is 1.31 bits per heavy atom. The van der Waals surface area contributed by atoms with Gasteiger partial charge in [0.05, 0.1) is 30.7 Å². The molecular weight excluding hydrogens is 373 g/mol. The molecule has 7 nitrogen and oxygen atoms in total. The number of benzene rings is 1. The molecule has 1 aromatic heterocycles. The molecule has 2 unspecified atom stereocenters. The smallest absolute Gasteiger partial charge is 0.414 e. The van der Waals surface area contributed by atoms with E-state index >= 15 is 4.39 Å². The van der Waals surface area contributed by atoms with Crippen LogP contribution in [0.15, 0.2) is 30.6 Å². The fourth-order valence-electron chi connectivity index (χ4n) is 4.47. The van der Waals surface area contributed by atoms with Crippen LogP contribution in [0.5, 0.6) is 0 Å². The first-order chi connectivity index (χ1) is 14.1. The van der Waals surface area contributed by atoms with Gasteiger partial charge in [-0.3, -0.25) is 4.90 Å². The zero-order chi connectivity index (χ0) is 20.4. The van der Waals surface area contributed by atoms with Gasteiger partial charge >= 0.3 is 6.09 Å². The lowest BCUT2D eigenvalue weighted by Crippen LogP contribution is -2.35. The summed E-state index contributed by atoms with van der Waals surface area (Å²) in [6.07, 6.45) is 8.06. The van der Waals surface area contributed by atoms with E-state index in [0.29, 0.717) is 36.5 Å². The maximum Gasteiger partial charge on any atom is 0.414 e. The second-order valence-corrected chi connectivity index (χ2v) is 8.01. The van der Waals surface area contributed by atoms with E-state index in [1.165, 1.54) is 11.0 Å². The van der Waals surface area contributed by atoms with E-state index in [1.807, 2.05) is 12.1 Å². The molecule has 2 aliphatic heterocycles. The molecule has 8 heteroatoms. The number of anilines is 2. The first kappa shape index (κ1) is 19.7. The summed E-state index contributed by atoms with van der Waals surface area (Å²) in [5.74, 6) is -0.287. The number of carbonyl (C=O) groups is 1. The van der Waals surface area contributed by atoms with Gasteiger partial charge in [0.2, 0.25) is 0 Å². The Balaban J connectivity index is 1.49. The maximum atomic E-state index is 15.1. The first-order valence-corrected chi connectivity index (χ1v) is 10.5. The van der Waals surface area contributed by atoms with Crippen molar-refractivity contribution < 1.29 is 13.9 Å². The summed E-state index contributed by atoms with van der Waals surface area (Å²) in [4.78, 5) is 16.0. The monoisotopic (exact) mass is 401 g/mol. The third kappa shape index (κ3) is 4.06. The maximum absolute atomic E-state index is 15.1. The third-order valence-corrected chi connectivity index (χ3v) is 5.93. The number of halogens is 1. The van der Waals surface area contributed by atoms with Crippen LogP contribution in [0.3, 0.4) is 0 Å². The quantitative estimate of drug-likeness (QED) is 0.702. The van der Waals surface area contributed by atoms with E-state index in [1.54, 1.807) is 17.1 Å². The van der Waals surface area contributed by atoms with Gasteiger partial charge in [0.1, 0.15) is 11.9 Å². The average molecular weight is 401 g/mol. The van der Waals surface area contributed by atoms with E-state index < -0.39 is 6.09 Å². The zero-order valence-corrected chi connectivity index (χ0v) is 17.0. The molecule has 3 atom stereocenters. The highest BCUT2D eigenvalue weighted by molar-refractivity contribution is 5.90. The number of rotatable bonds is 7. The van der Waals surface area contributed by atoms with E-state index in [2.05, 4.69) is 29.1 Å². The van der Waals surface area contributed by atoms with Crippen molar-refractivity contribution in [3.63, 3.8) is 0 Å². The van der Waals surface area contributed by atoms with Crippen molar-refractivity contribution in [3.8, 4) is 0 Å². The van der Waals surface area contributed by atoms with Gasteiger partial charge in [0, 0.05) is 18.3 Å². The molecule has 1 amide bonds. The molecule has 0 spiro atoms. The number of nitrogens with zero attached hydrogens (tertiary/aromatic N) is 5. The Hall–Kier alpha value is -2.64. The fourth-order valence-corrected chi connectivity index (χ4v) is 4.47. The van der Waals surface area contributed by atoms with Crippen molar-refractivity contribution in [1.82, 2.24) is 15.0 Å². The zero-order valence-electron chi connectivity index (χ0n) is 17.0. The van der Waals surface area contributed by atoms with E-state index in [-0.39, 0.29) is 11.9 Å². The van der Waals surface area contributed by atoms with Crippen molar-refractivity contribution in [2.24, 2.45) is 0 Å². The van der Waals surface area contributed by atoms with Crippen LogP contribution >= 0.6 is 0 Å². The van der Waals surface area contributed by atoms with Crippen molar-refractivity contribution in [1.29, 1.82) is 0 Å². The fraction of sp³-hybridized carbons (Fsp3) is 0.571. The van der Waals surface area contributed by atoms with Gasteiger partial charge in [0.15, 0.2) is 0 Å². The van der Waals surface area contributed by atoms with Gasteiger partial charge in [-0.15, -0.1) is 5.10 Å². The Morgan fingerprint density at radius 2 is 2.17 bits per heavy atom. The van der Waals surface area contributed by atoms with Gasteiger partial charge in [-0.2, -0.15) is 0 Å². The van der Waals surface area contributed by atoms with Gasteiger partial charge in [-0.1, -0.05) is 25.0 Å². The van der Waals surface area contributed by atoms with Gasteiger partial charge in [-0.25, -0.2) is 13.9 Å². The number of amides is 1. The standard InChI is InChI=1S/C21H28FN5O2/c1-3-4-5-16-7-6-15(2)27(16)20-9-8-17(12-19(20)22)26-14-18(29-21(26)28)13-25-11-10-23-24-25/h8-12,15-16,18H,3-7,13-14H2,1-2H3/t15?,16?,18-/m0/s1. The van der Waals surface area contributed by atoms with Gasteiger partial charge in [-0.05, 0) is 44.4 Å². The van der Waals surface area contributed by atoms with Crippen LogP contribution < -0.4 is 9.80 Å². The number of carbonyl (C=O) groups excluding carboxylic acids is 1. The van der Waals surface area contributed by atoms with Crippen LogP contribution in [0.25, 0.3) is 0 Å². The molecular formula is C21H28FN5O2. The number of hydrogen-bond acceptors (Lipinski definition) is 5. The second kappa shape index (κ2) is 8.39. The molecule has 2 saturated heterocycles. The topological polar surface area (TPSA) is 63.5 Å². The SMILES string of the molecule is CCCCC1CCC(C)N1c1ccc(N2C[C@H](Cn3ccnn3)OC2=O)cc1F. The summed E-state index contributed by atoms with van der Waals surface area (Å²) >= 11 is 0. The van der Waals surface area contributed by atoms with E-state index in [0.717, 1.165) is 32.1 Å². The summed E-state index contributed by atoms with van der Waals surface area (Å²) in [7, 11) is 0. The molecule has 2 aliphatic rings. The van der Waals surface area contributed by atoms with Crippen LogP contribution in [0.4, 0.5) is 20.6 Å². The molecule has 2 fully saturated rings. The summed E-state index contributed by atoms with van der Waals surface area (Å²) in [6, 6.07) is 5.79.